The Bertz CT molecular complexity index is 388. The van der Waals surface area contributed by atoms with Gasteiger partial charge in [0.15, 0.2) is 0 Å². The molecule has 0 aromatic rings. The van der Waals surface area contributed by atoms with Gasteiger partial charge in [0, 0.05) is 26.2 Å². The zero-order chi connectivity index (χ0) is 15.5. The highest BCUT2D eigenvalue weighted by atomic mass is 32.2. The van der Waals surface area contributed by atoms with E-state index in [2.05, 4.69) is 18.7 Å². The lowest BCUT2D eigenvalue weighted by molar-refractivity contribution is -0.135. The van der Waals surface area contributed by atoms with Crippen LogP contribution in [0.3, 0.4) is 0 Å². The van der Waals surface area contributed by atoms with Crippen molar-refractivity contribution in [3.8, 4) is 0 Å². The predicted octanol–water partition coefficient (Wildman–Crippen LogP) is 1.87. The van der Waals surface area contributed by atoms with Gasteiger partial charge in [-0.3, -0.25) is 9.69 Å². The fraction of sp³-hybridized carbons (Fsp3) is 0.867. The number of thioether (sulfide) groups is 1. The van der Waals surface area contributed by atoms with Crippen LogP contribution < -0.4 is 5.73 Å². The summed E-state index contributed by atoms with van der Waals surface area (Å²) in [7, 11) is 0. The maximum atomic E-state index is 12.7. The van der Waals surface area contributed by atoms with Crippen LogP contribution in [0.1, 0.15) is 39.5 Å². The first kappa shape index (κ1) is 17.0. The minimum Gasteiger partial charge on any atom is -0.392 e. The van der Waals surface area contributed by atoms with E-state index in [0.29, 0.717) is 10.9 Å². The van der Waals surface area contributed by atoms with Gasteiger partial charge in [-0.1, -0.05) is 25.6 Å². The molecule has 21 heavy (non-hydrogen) atoms. The van der Waals surface area contributed by atoms with Gasteiger partial charge in [-0.15, -0.1) is 11.8 Å². The molecule has 0 saturated carbocycles. The number of nitrogens with zero attached hydrogens (tertiary/aromatic N) is 2. The molecule has 2 fully saturated rings. The van der Waals surface area contributed by atoms with Gasteiger partial charge in [0.25, 0.3) is 0 Å². The molecule has 2 heterocycles. The Labute approximate surface area is 137 Å². The van der Waals surface area contributed by atoms with Gasteiger partial charge in [0.1, 0.15) is 0 Å². The molecule has 0 aromatic carbocycles. The molecule has 2 aliphatic heterocycles. The van der Waals surface area contributed by atoms with E-state index in [1.807, 2.05) is 16.7 Å². The summed E-state index contributed by atoms with van der Waals surface area (Å²) in [5.41, 5.74) is 5.87. The minimum atomic E-state index is -0.186. The van der Waals surface area contributed by atoms with E-state index >= 15 is 0 Å². The lowest BCUT2D eigenvalue weighted by atomic mass is 10.0. The fourth-order valence-electron chi connectivity index (χ4n) is 3.30. The molecular formula is C15H27N3OS2. The molecule has 120 valence electrons. The zero-order valence-corrected chi connectivity index (χ0v) is 14.8. The Balaban J connectivity index is 1.90. The third-order valence-corrected chi connectivity index (χ3v) is 6.38. The molecule has 6 heteroatoms. The van der Waals surface area contributed by atoms with Crippen LogP contribution in [0.5, 0.6) is 0 Å². The molecule has 0 bridgehead atoms. The summed E-state index contributed by atoms with van der Waals surface area (Å²) in [6.45, 7) is 7.64. The first-order chi connectivity index (χ1) is 9.98. The van der Waals surface area contributed by atoms with Crippen LogP contribution in [0, 0.1) is 0 Å². The summed E-state index contributed by atoms with van der Waals surface area (Å²) in [6, 6.07) is 0.193. The second-order valence-electron chi connectivity index (χ2n) is 6.22. The van der Waals surface area contributed by atoms with Crippen molar-refractivity contribution in [3.05, 3.63) is 0 Å². The number of hydrogen-bond acceptors (Lipinski definition) is 4. The first-order valence-corrected chi connectivity index (χ1v) is 9.34. The van der Waals surface area contributed by atoms with Gasteiger partial charge in [-0.05, 0) is 31.9 Å². The maximum Gasteiger partial charge on any atom is 0.238 e. The molecule has 0 aromatic heterocycles. The highest BCUT2D eigenvalue weighted by Gasteiger charge is 2.41. The average Bonchev–Trinajstić information content (AvgIpc) is 2.92. The molecule has 2 aliphatic rings. The molecule has 2 unspecified atom stereocenters. The lowest BCUT2D eigenvalue weighted by Crippen LogP contribution is -2.57. The Kier molecular flexibility index (Phi) is 5.91. The van der Waals surface area contributed by atoms with E-state index in [4.69, 9.17) is 18.0 Å². The highest BCUT2D eigenvalue weighted by molar-refractivity contribution is 8.01. The Morgan fingerprint density at radius 1 is 1.38 bits per heavy atom. The fourth-order valence-corrected chi connectivity index (χ4v) is 4.84. The van der Waals surface area contributed by atoms with E-state index < -0.39 is 0 Å². The standard InChI is InChI=1S/C15H27N3OS2/c1-3-5-12(13(16)20)17-7-9-18(10-8-17)14(19)15(2)6-4-11-21-15/h12H,3-11H2,1-2H3,(H2,16,20). The largest absolute Gasteiger partial charge is 0.392 e. The van der Waals surface area contributed by atoms with Crippen molar-refractivity contribution in [2.45, 2.75) is 50.3 Å². The molecular weight excluding hydrogens is 302 g/mol. The molecule has 2 saturated heterocycles. The SMILES string of the molecule is CCCC(C(N)=S)N1CCN(C(=O)C2(C)CCCS2)CC1. The van der Waals surface area contributed by atoms with Crippen LogP contribution in [0.15, 0.2) is 0 Å². The van der Waals surface area contributed by atoms with Crippen molar-refractivity contribution < 1.29 is 4.79 Å². The molecule has 4 nitrogen and oxygen atoms in total. The lowest BCUT2D eigenvalue weighted by Gasteiger charge is -2.41. The summed E-state index contributed by atoms with van der Waals surface area (Å²) in [6.07, 6.45) is 4.27. The van der Waals surface area contributed by atoms with Gasteiger partial charge in [0.2, 0.25) is 5.91 Å². The van der Waals surface area contributed by atoms with Crippen molar-refractivity contribution in [2.75, 3.05) is 31.9 Å². The number of hydrogen-bond donors (Lipinski definition) is 1. The number of carbonyl (C=O) groups is 1. The summed E-state index contributed by atoms with van der Waals surface area (Å²) < 4.78 is -0.186. The predicted molar refractivity (Wildman–Crippen MR) is 93.7 cm³/mol. The molecule has 2 rings (SSSR count). The number of amides is 1. The highest BCUT2D eigenvalue weighted by Crippen LogP contribution is 2.39. The number of nitrogens with two attached hydrogens (primary N) is 1. The molecule has 0 aliphatic carbocycles. The van der Waals surface area contributed by atoms with Crippen LogP contribution in [-0.4, -0.2) is 63.4 Å². The van der Waals surface area contributed by atoms with E-state index in [1.165, 1.54) is 0 Å². The molecule has 0 radical (unpaired) electrons. The van der Waals surface area contributed by atoms with Crippen LogP contribution >= 0.6 is 24.0 Å². The molecule has 2 N–H and O–H groups in total. The van der Waals surface area contributed by atoms with Gasteiger partial charge < -0.3 is 10.6 Å². The molecule has 2 atom stereocenters. The van der Waals surface area contributed by atoms with Crippen LogP contribution in [0.2, 0.25) is 0 Å². The summed E-state index contributed by atoms with van der Waals surface area (Å²) >= 11 is 7.02. The van der Waals surface area contributed by atoms with Gasteiger partial charge in [-0.25, -0.2) is 0 Å². The van der Waals surface area contributed by atoms with E-state index in [-0.39, 0.29) is 10.8 Å². The first-order valence-electron chi connectivity index (χ1n) is 7.94. The van der Waals surface area contributed by atoms with Crippen LogP contribution in [0.25, 0.3) is 0 Å². The van der Waals surface area contributed by atoms with Crippen molar-refractivity contribution in [1.82, 2.24) is 9.80 Å². The van der Waals surface area contributed by atoms with Crippen molar-refractivity contribution in [2.24, 2.45) is 5.73 Å². The van der Waals surface area contributed by atoms with Gasteiger partial charge >= 0.3 is 0 Å². The second-order valence-corrected chi connectivity index (χ2v) is 8.29. The van der Waals surface area contributed by atoms with Gasteiger partial charge in [-0.2, -0.15) is 0 Å². The third kappa shape index (κ3) is 3.90. The Morgan fingerprint density at radius 3 is 2.52 bits per heavy atom. The smallest absolute Gasteiger partial charge is 0.238 e. The topological polar surface area (TPSA) is 49.6 Å². The Hall–Kier alpha value is -0.330. The monoisotopic (exact) mass is 329 g/mol. The molecule has 0 spiro atoms. The van der Waals surface area contributed by atoms with Crippen molar-refractivity contribution >= 4 is 34.9 Å². The third-order valence-electron chi connectivity index (χ3n) is 4.60. The van der Waals surface area contributed by atoms with Gasteiger partial charge in [0.05, 0.1) is 15.8 Å². The maximum absolute atomic E-state index is 12.7. The summed E-state index contributed by atoms with van der Waals surface area (Å²) in [5, 5.41) is 0. The summed E-state index contributed by atoms with van der Waals surface area (Å²) in [4.78, 5) is 17.7. The second kappa shape index (κ2) is 7.29. The minimum absolute atomic E-state index is 0.186. The van der Waals surface area contributed by atoms with Crippen molar-refractivity contribution in [3.63, 3.8) is 0 Å². The summed E-state index contributed by atoms with van der Waals surface area (Å²) in [5.74, 6) is 1.44. The number of carbonyl (C=O) groups excluding carboxylic acids is 1. The number of rotatable bonds is 5. The van der Waals surface area contributed by atoms with Crippen LogP contribution in [0.4, 0.5) is 0 Å². The zero-order valence-electron chi connectivity index (χ0n) is 13.1. The van der Waals surface area contributed by atoms with Crippen LogP contribution in [-0.2, 0) is 4.79 Å². The van der Waals surface area contributed by atoms with Crippen molar-refractivity contribution in [1.29, 1.82) is 0 Å². The van der Waals surface area contributed by atoms with E-state index in [9.17, 15) is 4.79 Å². The average molecular weight is 330 g/mol. The molecule has 1 amide bonds. The Morgan fingerprint density at radius 2 is 2.05 bits per heavy atom. The van der Waals surface area contributed by atoms with E-state index in [1.54, 1.807) is 0 Å². The number of thiocarbonyl (C=S) groups is 1. The normalized spacial score (nSPS) is 28.6. The number of piperazine rings is 1. The van der Waals surface area contributed by atoms with E-state index in [0.717, 1.165) is 57.6 Å². The quantitative estimate of drug-likeness (QED) is 0.781.